The van der Waals surface area contributed by atoms with Crippen molar-refractivity contribution in [3.8, 4) is 5.75 Å². The zero-order valence-corrected chi connectivity index (χ0v) is 12.0. The van der Waals surface area contributed by atoms with Crippen LogP contribution in [0.4, 0.5) is 0 Å². The van der Waals surface area contributed by atoms with Crippen molar-refractivity contribution in [2.75, 3.05) is 7.11 Å². The Morgan fingerprint density at radius 3 is 2.65 bits per heavy atom. The summed E-state index contributed by atoms with van der Waals surface area (Å²) in [5.41, 5.74) is 1.93. The molecular formula is C13H13BrO2S. The third-order valence-corrected chi connectivity index (χ3v) is 4.77. The number of hydrogen-bond acceptors (Lipinski definition) is 3. The fraction of sp³-hybridized carbons (Fsp3) is 0.231. The van der Waals surface area contributed by atoms with Crippen molar-refractivity contribution in [1.82, 2.24) is 0 Å². The van der Waals surface area contributed by atoms with Crippen LogP contribution in [0.2, 0.25) is 0 Å². The Kier molecular flexibility index (Phi) is 3.86. The topological polar surface area (TPSA) is 29.5 Å². The number of thiophene rings is 1. The molecule has 0 aliphatic heterocycles. The second-order valence-electron chi connectivity index (χ2n) is 3.75. The van der Waals surface area contributed by atoms with E-state index in [1.807, 2.05) is 37.3 Å². The van der Waals surface area contributed by atoms with E-state index in [2.05, 4.69) is 15.9 Å². The Morgan fingerprint density at radius 2 is 2.06 bits per heavy atom. The molecule has 0 aliphatic rings. The summed E-state index contributed by atoms with van der Waals surface area (Å²) in [5.74, 6) is 0.710. The van der Waals surface area contributed by atoms with Crippen LogP contribution in [0, 0.1) is 6.92 Å². The average molecular weight is 313 g/mol. The largest absolute Gasteiger partial charge is 0.496 e. The number of rotatable bonds is 3. The SMILES string of the molecule is COc1ccccc1C(O)c1cc(C)c(Br)s1. The Bertz CT molecular complexity index is 502. The van der Waals surface area contributed by atoms with Crippen molar-refractivity contribution in [1.29, 1.82) is 0 Å². The molecule has 17 heavy (non-hydrogen) atoms. The van der Waals surface area contributed by atoms with E-state index in [4.69, 9.17) is 4.74 Å². The van der Waals surface area contributed by atoms with Crippen molar-refractivity contribution < 1.29 is 9.84 Å². The van der Waals surface area contributed by atoms with Gasteiger partial charge >= 0.3 is 0 Å². The predicted molar refractivity (Wildman–Crippen MR) is 73.8 cm³/mol. The normalized spacial score (nSPS) is 12.5. The highest BCUT2D eigenvalue weighted by Crippen LogP contribution is 2.36. The monoisotopic (exact) mass is 312 g/mol. The van der Waals surface area contributed by atoms with Crippen LogP contribution in [-0.4, -0.2) is 12.2 Å². The van der Waals surface area contributed by atoms with E-state index in [-0.39, 0.29) is 0 Å². The molecule has 0 aliphatic carbocycles. The van der Waals surface area contributed by atoms with E-state index in [9.17, 15) is 5.11 Å². The van der Waals surface area contributed by atoms with Gasteiger partial charge in [-0.05, 0) is 40.5 Å². The quantitative estimate of drug-likeness (QED) is 0.931. The predicted octanol–water partition coefficient (Wildman–Crippen LogP) is 3.91. The molecule has 2 aromatic rings. The molecule has 1 heterocycles. The Labute approximate surface area is 113 Å². The molecule has 2 nitrogen and oxygen atoms in total. The first-order valence-electron chi connectivity index (χ1n) is 5.20. The van der Waals surface area contributed by atoms with Gasteiger partial charge in [0, 0.05) is 10.4 Å². The molecule has 0 spiro atoms. The van der Waals surface area contributed by atoms with Gasteiger partial charge in [0.25, 0.3) is 0 Å². The molecule has 0 bridgehead atoms. The van der Waals surface area contributed by atoms with E-state index in [0.717, 1.165) is 19.8 Å². The minimum absolute atomic E-state index is 0.638. The van der Waals surface area contributed by atoms with Crippen LogP contribution in [0.1, 0.15) is 22.1 Å². The molecule has 0 saturated heterocycles. The summed E-state index contributed by atoms with van der Waals surface area (Å²) < 4.78 is 6.31. The first kappa shape index (κ1) is 12.6. The number of hydrogen-bond donors (Lipinski definition) is 1. The molecule has 0 fully saturated rings. The molecular weight excluding hydrogens is 300 g/mol. The molecule has 4 heteroatoms. The van der Waals surface area contributed by atoms with E-state index in [1.54, 1.807) is 18.4 Å². The highest BCUT2D eigenvalue weighted by molar-refractivity contribution is 9.11. The fourth-order valence-electron chi connectivity index (χ4n) is 1.66. The Hall–Kier alpha value is -0.840. The second-order valence-corrected chi connectivity index (χ2v) is 6.15. The number of ether oxygens (including phenoxy) is 1. The highest BCUT2D eigenvalue weighted by atomic mass is 79.9. The second kappa shape index (κ2) is 5.21. The molecule has 90 valence electrons. The molecule has 1 atom stereocenters. The van der Waals surface area contributed by atoms with Crippen LogP contribution in [0.5, 0.6) is 5.75 Å². The number of halogens is 1. The van der Waals surface area contributed by atoms with E-state index < -0.39 is 6.10 Å². The van der Waals surface area contributed by atoms with Crippen LogP contribution in [0.3, 0.4) is 0 Å². The molecule has 2 rings (SSSR count). The van der Waals surface area contributed by atoms with Crippen LogP contribution >= 0.6 is 27.3 Å². The molecule has 1 unspecified atom stereocenters. The van der Waals surface area contributed by atoms with Gasteiger partial charge < -0.3 is 9.84 Å². The minimum Gasteiger partial charge on any atom is -0.496 e. The van der Waals surface area contributed by atoms with Gasteiger partial charge in [0.15, 0.2) is 0 Å². The third-order valence-electron chi connectivity index (χ3n) is 2.58. The van der Waals surface area contributed by atoms with Crippen molar-refractivity contribution in [3.05, 3.63) is 50.1 Å². The minimum atomic E-state index is -0.638. The summed E-state index contributed by atoms with van der Waals surface area (Å²) in [4.78, 5) is 0.916. The zero-order valence-electron chi connectivity index (χ0n) is 9.61. The van der Waals surface area contributed by atoms with Crippen molar-refractivity contribution >= 4 is 27.3 Å². The zero-order chi connectivity index (χ0) is 12.4. The van der Waals surface area contributed by atoms with E-state index >= 15 is 0 Å². The summed E-state index contributed by atoms with van der Waals surface area (Å²) in [6.07, 6.45) is -0.638. The van der Waals surface area contributed by atoms with Gasteiger partial charge in [-0.25, -0.2) is 0 Å². The lowest BCUT2D eigenvalue weighted by Crippen LogP contribution is -2.00. The summed E-state index contributed by atoms with van der Waals surface area (Å²) in [5, 5.41) is 10.4. The Morgan fingerprint density at radius 1 is 1.35 bits per heavy atom. The average Bonchev–Trinajstić information content (AvgIpc) is 2.68. The van der Waals surface area contributed by atoms with E-state index in [1.165, 1.54) is 0 Å². The van der Waals surface area contributed by atoms with Gasteiger partial charge in [-0.15, -0.1) is 11.3 Å². The lowest BCUT2D eigenvalue weighted by Gasteiger charge is -2.12. The summed E-state index contributed by atoms with van der Waals surface area (Å²) in [6, 6.07) is 9.52. The summed E-state index contributed by atoms with van der Waals surface area (Å²) >= 11 is 5.02. The molecule has 1 aromatic heterocycles. The van der Waals surface area contributed by atoms with Gasteiger partial charge in [-0.2, -0.15) is 0 Å². The lowest BCUT2D eigenvalue weighted by molar-refractivity contribution is 0.218. The van der Waals surface area contributed by atoms with Crippen LogP contribution in [-0.2, 0) is 0 Å². The Balaban J connectivity index is 2.39. The first-order valence-corrected chi connectivity index (χ1v) is 6.81. The van der Waals surface area contributed by atoms with Crippen molar-refractivity contribution in [2.45, 2.75) is 13.0 Å². The lowest BCUT2D eigenvalue weighted by atomic mass is 10.1. The summed E-state index contributed by atoms with van der Waals surface area (Å²) in [6.45, 7) is 2.01. The fourth-order valence-corrected chi connectivity index (χ4v) is 3.24. The maximum Gasteiger partial charge on any atom is 0.125 e. The summed E-state index contributed by atoms with van der Waals surface area (Å²) in [7, 11) is 1.61. The third kappa shape index (κ3) is 2.54. The van der Waals surface area contributed by atoms with Crippen LogP contribution < -0.4 is 4.74 Å². The van der Waals surface area contributed by atoms with Gasteiger partial charge in [-0.1, -0.05) is 18.2 Å². The first-order chi connectivity index (χ1) is 8.13. The number of aliphatic hydroxyl groups excluding tert-OH is 1. The van der Waals surface area contributed by atoms with Gasteiger partial charge in [0.1, 0.15) is 11.9 Å². The molecule has 1 aromatic carbocycles. The van der Waals surface area contributed by atoms with Gasteiger partial charge in [-0.3, -0.25) is 0 Å². The molecule has 1 N–H and O–H groups in total. The number of aryl methyl sites for hydroxylation is 1. The van der Waals surface area contributed by atoms with Gasteiger partial charge in [0.2, 0.25) is 0 Å². The smallest absolute Gasteiger partial charge is 0.125 e. The number of benzene rings is 1. The van der Waals surface area contributed by atoms with E-state index in [0.29, 0.717) is 5.75 Å². The van der Waals surface area contributed by atoms with Crippen molar-refractivity contribution in [3.63, 3.8) is 0 Å². The van der Waals surface area contributed by atoms with Gasteiger partial charge in [0.05, 0.1) is 10.9 Å². The van der Waals surface area contributed by atoms with Crippen LogP contribution in [0.15, 0.2) is 34.1 Å². The number of para-hydroxylation sites is 1. The molecule has 0 amide bonds. The number of methoxy groups -OCH3 is 1. The maximum absolute atomic E-state index is 10.4. The standard InChI is InChI=1S/C13H13BrO2S/c1-8-7-11(17-13(8)14)12(15)9-5-3-4-6-10(9)16-2/h3-7,12,15H,1-2H3. The van der Waals surface area contributed by atoms with Crippen molar-refractivity contribution in [2.24, 2.45) is 0 Å². The maximum atomic E-state index is 10.4. The number of aliphatic hydroxyl groups is 1. The molecule has 0 radical (unpaired) electrons. The molecule has 0 saturated carbocycles. The highest BCUT2D eigenvalue weighted by Gasteiger charge is 2.17. The van der Waals surface area contributed by atoms with Crippen LogP contribution in [0.25, 0.3) is 0 Å².